The van der Waals surface area contributed by atoms with Crippen LogP contribution in [0, 0.1) is 32.2 Å². The van der Waals surface area contributed by atoms with E-state index in [0.29, 0.717) is 181 Å². The van der Waals surface area contributed by atoms with Gasteiger partial charge in [0, 0.05) is 123 Å². The van der Waals surface area contributed by atoms with Gasteiger partial charge < -0.3 is 91.2 Å². The molecule has 36 heteroatoms. The van der Waals surface area contributed by atoms with E-state index in [9.17, 15) is 27.3 Å². The zero-order valence-corrected chi connectivity index (χ0v) is 87.6. The number of sulfone groups is 1. The van der Waals surface area contributed by atoms with Crippen molar-refractivity contribution < 1.29 is 72.9 Å². The van der Waals surface area contributed by atoms with Gasteiger partial charge in [0.25, 0.3) is 34.1 Å². The summed E-state index contributed by atoms with van der Waals surface area (Å²) >= 11 is 1.99. The first-order valence-corrected chi connectivity index (χ1v) is 54.0. The van der Waals surface area contributed by atoms with Crippen LogP contribution in [-0.4, -0.2) is 267 Å². The van der Waals surface area contributed by atoms with E-state index < -0.39 is 49.5 Å². The Hall–Kier alpha value is -3.82. The monoisotopic (exact) mass is 1920 g/mol. The summed E-state index contributed by atoms with van der Waals surface area (Å²) in [4.78, 5) is 51.1. The highest BCUT2D eigenvalue weighted by molar-refractivity contribution is 8.00. The normalized spacial score (nSPS) is 15.6. The highest BCUT2D eigenvalue weighted by Crippen LogP contribution is 2.50. The lowest BCUT2D eigenvalue weighted by molar-refractivity contribution is -0.153. The largest absolute Gasteiger partial charge is 0.459 e. The summed E-state index contributed by atoms with van der Waals surface area (Å²) < 4.78 is 106. The number of thioether (sulfide) groups is 1. The molecule has 2 heterocycles. The Morgan fingerprint density at radius 1 is 0.523 bits per heavy atom. The average molecular weight is 1920 g/mol. The van der Waals surface area contributed by atoms with E-state index in [1.807, 2.05) is 81.9 Å². The van der Waals surface area contributed by atoms with Gasteiger partial charge in [0.15, 0.2) is 9.84 Å². The first-order valence-electron chi connectivity index (χ1n) is 46.8. The number of unbranched alkanes of at least 4 members (excludes halogenated alkanes) is 13. The molecule has 0 radical (unpaired) electrons. The Kier molecular flexibility index (Phi) is 70.2. The van der Waals surface area contributed by atoms with Crippen LogP contribution in [0.1, 0.15) is 266 Å². The number of ether oxygens (including phenoxy) is 2. The number of halogens is 1. The standard InChI is InChI=1S/C28H45N4O4PS.C26H47N4O4PS.C21H42N3O4P.C17H35FN3O3P/c1-23(2)32(24(3)4)37(36-21-19-29-5)35-20-11-9-8-10-18-30-22-38(33,34)28-17-13-14-25-26(28)15-12-16-27(25)31(6)7;1-20(2)30(21(3)4)35(34-17-15-27-5)33-16-11-7-6-10-14-28-24(31)13-9-8-12-23-26-22(19-36-23)18-25(32)29-26;1-18(2)24(19(3)4)29(27-16-14-22-8)26-15-12-10-9-11-13-23-17-20(25)28-21(5,6)7;1-16(2)21(17(3)4)25(24-14-11-19-5)23-13-10-8-7-9-12-20(18)15-22-6/h12-17,23-24,30H,8-11,18-22H2,1-4,6-7H3;20-23,26H,6-19H2,1-4H3,(H,28,31)(H,29,32);18-19,23H,9-17H2,1-7H3;16-17H,7-15H2,1-4,6H3. The number of amides is 2. The molecule has 2 aromatic carbocycles. The molecule has 2 aliphatic heterocycles. The molecule has 7 unspecified atom stereocenters. The predicted molar refractivity (Wildman–Crippen MR) is 528 cm³/mol. The molecule has 128 heavy (non-hydrogen) atoms. The summed E-state index contributed by atoms with van der Waals surface area (Å²) in [6, 6.07) is 14.1. The maximum absolute atomic E-state index is 13.1. The second kappa shape index (κ2) is 73.5. The quantitative estimate of drug-likeness (QED) is 0.0120. The highest BCUT2D eigenvalue weighted by Gasteiger charge is 2.43. The Balaban J connectivity index is 0.000000865. The first-order chi connectivity index (χ1) is 60.9. The van der Waals surface area contributed by atoms with Gasteiger partial charge in [-0.2, -0.15) is 11.8 Å². The van der Waals surface area contributed by atoms with Gasteiger partial charge in [-0.15, -0.1) is 9.60 Å². The van der Waals surface area contributed by atoms with Crippen molar-refractivity contribution in [3.63, 3.8) is 0 Å². The maximum atomic E-state index is 13.1. The lowest BCUT2D eigenvalue weighted by Crippen LogP contribution is -2.34. The fraction of sp³-hybridized carbons (Fsp3) is 0.815. The molecule has 0 spiro atoms. The van der Waals surface area contributed by atoms with Crippen molar-refractivity contribution >= 4 is 89.9 Å². The molecular weight excluding hydrogens is 1750 g/mol. The molecule has 2 aromatic rings. The highest BCUT2D eigenvalue weighted by atomic mass is 32.2. The number of esters is 1. The van der Waals surface area contributed by atoms with Crippen molar-refractivity contribution in [2.24, 2.45) is 5.92 Å². The molecule has 2 aliphatic rings. The number of hydrogen-bond acceptors (Lipinski definition) is 24. The summed E-state index contributed by atoms with van der Waals surface area (Å²) in [7, 11) is -2.68. The topological polar surface area (TPSA) is 263 Å². The number of carbonyl (C=O) groups is 3. The van der Waals surface area contributed by atoms with Crippen molar-refractivity contribution in [3.05, 3.63) is 82.1 Å². The summed E-state index contributed by atoms with van der Waals surface area (Å²) in [5.74, 6) is 1.68. The van der Waals surface area contributed by atoms with Gasteiger partial charge in [0.2, 0.25) is 38.0 Å². The fourth-order valence-corrected chi connectivity index (χ4v) is 23.9. The van der Waals surface area contributed by atoms with Crippen molar-refractivity contribution in [1.29, 1.82) is 0 Å². The Bertz CT molecular complexity index is 3490. The van der Waals surface area contributed by atoms with Crippen LogP contribution < -0.4 is 26.2 Å². The van der Waals surface area contributed by atoms with Gasteiger partial charge in [-0.05, 0) is 233 Å². The van der Waals surface area contributed by atoms with E-state index >= 15 is 0 Å². The van der Waals surface area contributed by atoms with Crippen molar-refractivity contribution in [2.75, 3.05) is 156 Å². The van der Waals surface area contributed by atoms with Crippen LogP contribution >= 0.6 is 45.9 Å². The zero-order chi connectivity index (χ0) is 95.8. The molecule has 4 rings (SSSR count). The van der Waals surface area contributed by atoms with Crippen LogP contribution in [0.4, 0.5) is 10.2 Å². The number of fused-ring (bicyclic) bond motifs is 2. The van der Waals surface area contributed by atoms with Crippen LogP contribution in [0.5, 0.6) is 0 Å². The van der Waals surface area contributed by atoms with E-state index in [1.165, 1.54) is 7.11 Å². The van der Waals surface area contributed by atoms with E-state index in [2.05, 4.69) is 170 Å². The number of hydrogen-bond donors (Lipinski definition) is 4. The maximum Gasteiger partial charge on any atom is 0.320 e. The Morgan fingerprint density at radius 2 is 0.906 bits per heavy atom. The summed E-state index contributed by atoms with van der Waals surface area (Å²) in [6.45, 7) is 75.9. The minimum Gasteiger partial charge on any atom is -0.459 e. The minimum atomic E-state index is -3.46. The van der Waals surface area contributed by atoms with E-state index in [0.717, 1.165) is 157 Å². The van der Waals surface area contributed by atoms with Crippen molar-refractivity contribution in [1.82, 2.24) is 45.1 Å². The van der Waals surface area contributed by atoms with Crippen LogP contribution in [0.15, 0.2) is 41.3 Å². The Labute approximate surface area is 784 Å². The minimum absolute atomic E-state index is 0.0234. The molecule has 0 bridgehead atoms. The molecule has 2 fully saturated rings. The number of nitrogens with one attached hydrogen (secondary N) is 4. The lowest BCUT2D eigenvalue weighted by Gasteiger charge is -2.35. The summed E-state index contributed by atoms with van der Waals surface area (Å²) in [6.07, 6.45) is 20.0. The number of rotatable bonds is 69. The molecule has 2 saturated heterocycles. The summed E-state index contributed by atoms with van der Waals surface area (Å²) in [5.41, 5.74) is 0.568. The molecular formula is C92H169FN14O15P4S2. The van der Waals surface area contributed by atoms with Gasteiger partial charge in [-0.3, -0.25) is 14.4 Å². The molecule has 2 amide bonds. The molecule has 736 valence electrons. The third-order valence-electron chi connectivity index (χ3n) is 19.9. The number of carbonyl (C=O) groups excluding carboxylic acids is 3. The van der Waals surface area contributed by atoms with Crippen molar-refractivity contribution in [3.8, 4) is 0 Å². The molecule has 0 aromatic heterocycles. The lowest BCUT2D eigenvalue weighted by atomic mass is 9.97. The van der Waals surface area contributed by atoms with Crippen molar-refractivity contribution in [2.45, 2.75) is 337 Å². The van der Waals surface area contributed by atoms with Gasteiger partial charge in [0.05, 0.1) is 37.9 Å². The summed E-state index contributed by atoms with van der Waals surface area (Å²) in [5, 5.41) is 15.3. The van der Waals surface area contributed by atoms with E-state index in [-0.39, 0.29) is 36.9 Å². The second-order valence-electron chi connectivity index (χ2n) is 35.2. The third kappa shape index (κ3) is 55.3. The number of anilines is 1. The SMILES string of the molecule is [C-]#[N+]CCOP(OCCCCCCN(F)COC)N(C(C)C)C(C)C.[C-]#[N+]CCOP(OCCCCCCNC(=O)CCCCC1SCC2CC(=O)NC21)N(C(C)C)C(C)C.[C-]#[N+]CCOP(OCCCCCCNCC(=O)OC(C)(C)C)N(C(C)C)C(C)C.[C-]#[N+]CCOP(OCCCCCCNCS(=O)(=O)c1cccc2c(N(C)C)cccc12)N(C(C)C)C(C)C. The Morgan fingerprint density at radius 3 is 1.30 bits per heavy atom. The van der Waals surface area contributed by atoms with Gasteiger partial charge >= 0.3 is 5.97 Å². The van der Waals surface area contributed by atoms with E-state index in [4.69, 9.17) is 72.0 Å². The molecule has 7 atom stereocenters. The van der Waals surface area contributed by atoms with Crippen LogP contribution in [0.2, 0.25) is 0 Å². The smallest absolute Gasteiger partial charge is 0.320 e. The van der Waals surface area contributed by atoms with Crippen LogP contribution in [-0.2, 0) is 69.9 Å². The zero-order valence-electron chi connectivity index (χ0n) is 82.4. The van der Waals surface area contributed by atoms with Gasteiger partial charge in [-0.1, -0.05) is 82.1 Å². The predicted octanol–water partition coefficient (Wildman–Crippen LogP) is 20.6. The molecule has 0 saturated carbocycles. The van der Waals surface area contributed by atoms with Crippen LogP contribution in [0.3, 0.4) is 0 Å². The number of nitrogens with zero attached hydrogens (tertiary/aromatic N) is 10. The van der Waals surface area contributed by atoms with Gasteiger partial charge in [0.1, 0.15) is 44.6 Å². The first kappa shape index (κ1) is 122. The van der Waals surface area contributed by atoms with Crippen LogP contribution in [0.25, 0.3) is 30.2 Å². The van der Waals surface area contributed by atoms with E-state index in [1.54, 1.807) is 6.07 Å². The fourth-order valence-electron chi connectivity index (χ4n) is 14.4. The molecule has 29 nitrogen and oxygen atoms in total. The molecule has 0 aliphatic carbocycles. The third-order valence-corrected chi connectivity index (χ3v) is 31.5. The number of benzene rings is 2. The van der Waals surface area contributed by atoms with Gasteiger partial charge in [-0.25, -0.2) is 53.4 Å². The number of methoxy groups -OCH3 is 1. The second-order valence-corrected chi connectivity index (χ2v) is 44.3. The average Bonchev–Trinajstić information content (AvgIpc) is 1.09. The molecule has 4 N–H and O–H groups in total.